The Kier molecular flexibility index (Phi) is 3.04. The van der Waals surface area contributed by atoms with Gasteiger partial charge in [0.05, 0.1) is 31.6 Å². The Morgan fingerprint density at radius 2 is 2.05 bits per heavy atom. The average Bonchev–Trinajstić information content (AvgIpc) is 3.07. The Balaban J connectivity index is 1.90. The summed E-state index contributed by atoms with van der Waals surface area (Å²) in [5.74, 6) is 2.10. The van der Waals surface area contributed by atoms with E-state index in [0.717, 1.165) is 22.8 Å². The number of fused-ring (bicyclic) bond motifs is 3. The molecule has 0 aliphatic carbocycles. The summed E-state index contributed by atoms with van der Waals surface area (Å²) >= 11 is 0. The quantitative estimate of drug-likeness (QED) is 0.851. The molecular weight excluding hydrogens is 280 g/mol. The lowest BCUT2D eigenvalue weighted by Crippen LogP contribution is -2.52. The van der Waals surface area contributed by atoms with Crippen molar-refractivity contribution < 1.29 is 9.47 Å². The maximum Gasteiger partial charge on any atom is 0.180 e. The van der Waals surface area contributed by atoms with Gasteiger partial charge in [-0.1, -0.05) is 13.8 Å². The lowest BCUT2D eigenvalue weighted by atomic mass is 10.1. The molecule has 0 spiro atoms. The van der Waals surface area contributed by atoms with Crippen molar-refractivity contribution in [1.82, 2.24) is 14.6 Å². The second kappa shape index (κ2) is 4.84. The molecule has 118 valence electrons. The Labute approximate surface area is 130 Å². The van der Waals surface area contributed by atoms with Crippen LogP contribution in [0.1, 0.15) is 39.2 Å². The van der Waals surface area contributed by atoms with Gasteiger partial charge in [-0.2, -0.15) is 5.10 Å². The van der Waals surface area contributed by atoms with Gasteiger partial charge in [0.1, 0.15) is 6.10 Å². The van der Waals surface area contributed by atoms with Crippen molar-refractivity contribution in [2.75, 3.05) is 18.1 Å². The highest BCUT2D eigenvalue weighted by Crippen LogP contribution is 2.38. The van der Waals surface area contributed by atoms with E-state index in [2.05, 4.69) is 37.7 Å². The van der Waals surface area contributed by atoms with E-state index < -0.39 is 0 Å². The predicted octanol–water partition coefficient (Wildman–Crippen LogP) is 2.23. The molecule has 2 aliphatic rings. The Morgan fingerprint density at radius 3 is 2.77 bits per heavy atom. The van der Waals surface area contributed by atoms with Crippen LogP contribution in [0, 0.1) is 0 Å². The maximum atomic E-state index is 6.12. The van der Waals surface area contributed by atoms with Crippen molar-refractivity contribution in [2.45, 2.75) is 51.8 Å². The van der Waals surface area contributed by atoms with Gasteiger partial charge in [-0.25, -0.2) is 9.50 Å². The molecule has 2 aliphatic heterocycles. The van der Waals surface area contributed by atoms with Crippen LogP contribution in [0.25, 0.3) is 5.65 Å². The zero-order chi connectivity index (χ0) is 15.4. The smallest absolute Gasteiger partial charge is 0.180 e. The summed E-state index contributed by atoms with van der Waals surface area (Å²) in [7, 11) is 0. The number of aromatic nitrogens is 3. The topological polar surface area (TPSA) is 51.9 Å². The first kappa shape index (κ1) is 13.8. The standard InChI is InChI=1S/C16H22N4O2/c1-9(2)11-5-17-19-6-13-16(18-15(11)19)20(10(3)4)12-7-21-8-14(12)22-13/h5-6,9-10,12,14H,7-8H2,1-4H3/t12-,14-/m1/s1. The van der Waals surface area contributed by atoms with E-state index in [9.17, 15) is 0 Å². The van der Waals surface area contributed by atoms with E-state index >= 15 is 0 Å². The molecule has 4 heterocycles. The lowest BCUT2D eigenvalue weighted by Gasteiger charge is -2.40. The van der Waals surface area contributed by atoms with Gasteiger partial charge >= 0.3 is 0 Å². The van der Waals surface area contributed by atoms with Gasteiger partial charge in [0.2, 0.25) is 0 Å². The van der Waals surface area contributed by atoms with Crippen LogP contribution in [0.3, 0.4) is 0 Å². The molecule has 1 saturated heterocycles. The third-order valence-corrected chi connectivity index (χ3v) is 4.53. The average molecular weight is 302 g/mol. The van der Waals surface area contributed by atoms with E-state index in [4.69, 9.17) is 14.5 Å². The molecule has 2 aromatic heterocycles. The summed E-state index contributed by atoms with van der Waals surface area (Å²) in [5.41, 5.74) is 2.08. The Hall–Kier alpha value is -1.82. The van der Waals surface area contributed by atoms with Gasteiger partial charge < -0.3 is 14.4 Å². The van der Waals surface area contributed by atoms with Crippen molar-refractivity contribution in [3.8, 4) is 5.75 Å². The van der Waals surface area contributed by atoms with Crippen LogP contribution >= 0.6 is 0 Å². The highest BCUT2D eigenvalue weighted by Gasteiger charge is 2.42. The van der Waals surface area contributed by atoms with Crippen molar-refractivity contribution in [3.05, 3.63) is 18.0 Å². The number of rotatable bonds is 2. The van der Waals surface area contributed by atoms with E-state index in [1.807, 2.05) is 16.9 Å². The molecule has 0 radical (unpaired) electrons. The summed E-state index contributed by atoms with van der Waals surface area (Å²) in [4.78, 5) is 7.25. The first-order valence-electron chi connectivity index (χ1n) is 7.97. The summed E-state index contributed by atoms with van der Waals surface area (Å²) < 4.78 is 13.6. The van der Waals surface area contributed by atoms with Crippen molar-refractivity contribution in [2.24, 2.45) is 0 Å². The summed E-state index contributed by atoms with van der Waals surface area (Å²) in [6.45, 7) is 10.0. The number of anilines is 1. The molecule has 2 aromatic rings. The monoisotopic (exact) mass is 302 g/mol. The van der Waals surface area contributed by atoms with E-state index in [-0.39, 0.29) is 12.1 Å². The summed E-state index contributed by atoms with van der Waals surface area (Å²) in [5, 5.41) is 4.43. The SMILES string of the molecule is CC(C)c1cnn2cc3c(nc12)N(C(C)C)[C@@H]1COC[C@H]1O3. The fourth-order valence-corrected chi connectivity index (χ4v) is 3.42. The van der Waals surface area contributed by atoms with Gasteiger partial charge in [0.15, 0.2) is 17.2 Å². The Morgan fingerprint density at radius 1 is 1.23 bits per heavy atom. The van der Waals surface area contributed by atoms with Crippen molar-refractivity contribution in [3.63, 3.8) is 0 Å². The molecular formula is C16H22N4O2. The fourth-order valence-electron chi connectivity index (χ4n) is 3.42. The number of ether oxygens (including phenoxy) is 2. The number of hydrogen-bond donors (Lipinski definition) is 0. The van der Waals surface area contributed by atoms with Crippen molar-refractivity contribution >= 4 is 11.5 Å². The van der Waals surface area contributed by atoms with Crippen molar-refractivity contribution in [1.29, 1.82) is 0 Å². The maximum absolute atomic E-state index is 6.12. The first-order chi connectivity index (χ1) is 10.6. The highest BCUT2D eigenvalue weighted by atomic mass is 16.6. The molecule has 0 unspecified atom stereocenters. The van der Waals surface area contributed by atoms with Crippen LogP contribution in [0.2, 0.25) is 0 Å². The molecule has 0 amide bonds. The second-order valence-corrected chi connectivity index (χ2v) is 6.71. The lowest BCUT2D eigenvalue weighted by molar-refractivity contribution is 0.135. The minimum Gasteiger partial charge on any atom is -0.480 e. The van der Waals surface area contributed by atoms with Gasteiger partial charge in [-0.05, 0) is 19.8 Å². The van der Waals surface area contributed by atoms with Gasteiger partial charge in [-0.15, -0.1) is 0 Å². The third kappa shape index (κ3) is 1.90. The molecule has 0 saturated carbocycles. The largest absolute Gasteiger partial charge is 0.480 e. The van der Waals surface area contributed by atoms with Gasteiger partial charge in [0.25, 0.3) is 0 Å². The molecule has 2 atom stereocenters. The molecule has 22 heavy (non-hydrogen) atoms. The predicted molar refractivity (Wildman–Crippen MR) is 83.7 cm³/mol. The third-order valence-electron chi connectivity index (χ3n) is 4.53. The Bertz CT molecular complexity index is 709. The van der Waals surface area contributed by atoms with Crippen LogP contribution in [0.5, 0.6) is 5.75 Å². The van der Waals surface area contributed by atoms with Crippen LogP contribution < -0.4 is 9.64 Å². The number of nitrogens with zero attached hydrogens (tertiary/aromatic N) is 4. The first-order valence-corrected chi connectivity index (χ1v) is 7.97. The van der Waals surface area contributed by atoms with Crippen LogP contribution in [0.15, 0.2) is 12.4 Å². The summed E-state index contributed by atoms with van der Waals surface area (Å²) in [6.07, 6.45) is 3.93. The molecule has 0 aromatic carbocycles. The minimum atomic E-state index is 0.0780. The summed E-state index contributed by atoms with van der Waals surface area (Å²) in [6, 6.07) is 0.588. The number of hydrogen-bond acceptors (Lipinski definition) is 5. The zero-order valence-electron chi connectivity index (χ0n) is 13.5. The van der Waals surface area contributed by atoms with Gasteiger partial charge in [-0.3, -0.25) is 0 Å². The molecule has 0 N–H and O–H groups in total. The highest BCUT2D eigenvalue weighted by molar-refractivity contribution is 5.62. The van der Waals surface area contributed by atoms with Crippen LogP contribution in [-0.4, -0.2) is 46.0 Å². The van der Waals surface area contributed by atoms with Crippen LogP contribution in [0.4, 0.5) is 5.82 Å². The van der Waals surface area contributed by atoms with Crippen LogP contribution in [-0.2, 0) is 4.74 Å². The second-order valence-electron chi connectivity index (χ2n) is 6.71. The zero-order valence-corrected chi connectivity index (χ0v) is 13.5. The molecule has 1 fully saturated rings. The minimum absolute atomic E-state index is 0.0780. The normalized spacial score (nSPS) is 24.0. The van der Waals surface area contributed by atoms with E-state index in [1.165, 1.54) is 0 Å². The molecule has 4 rings (SSSR count). The molecule has 0 bridgehead atoms. The van der Waals surface area contributed by atoms with E-state index in [0.29, 0.717) is 25.2 Å². The molecule has 6 heteroatoms. The van der Waals surface area contributed by atoms with Gasteiger partial charge in [0, 0.05) is 11.6 Å². The fraction of sp³-hybridized carbons (Fsp3) is 0.625. The van der Waals surface area contributed by atoms with E-state index in [1.54, 1.807) is 0 Å². The molecule has 6 nitrogen and oxygen atoms in total.